The van der Waals surface area contributed by atoms with Crippen LogP contribution in [0.4, 0.5) is 0 Å². The summed E-state index contributed by atoms with van der Waals surface area (Å²) in [5, 5.41) is 6.83. The SMILES string of the molecule is C1=C(c2cccc3oc4ccccc4c23)C=C(c2nc(-c3ccc4ccccc4c3)nc(-c3cccc4sc5ccccc5c34)n2)C2c3ccccc3OC12. The summed E-state index contributed by atoms with van der Waals surface area (Å²) in [6, 6.07) is 52.8. The summed E-state index contributed by atoms with van der Waals surface area (Å²) in [4.78, 5) is 16.1. The molecule has 3 aromatic heterocycles. The van der Waals surface area contributed by atoms with Gasteiger partial charge in [0, 0.05) is 53.2 Å². The topological polar surface area (TPSA) is 61.0 Å². The van der Waals surface area contributed by atoms with Crippen molar-refractivity contribution in [3.63, 3.8) is 0 Å². The average molecular weight is 724 g/mol. The van der Waals surface area contributed by atoms with E-state index in [1.54, 1.807) is 11.3 Å². The molecule has 0 saturated heterocycles. The zero-order chi connectivity index (χ0) is 36.0. The molecule has 0 radical (unpaired) electrons. The van der Waals surface area contributed by atoms with Crippen LogP contribution in [0.25, 0.3) is 86.8 Å². The fraction of sp³-hybridized carbons (Fsp3) is 0.0408. The first-order valence-electron chi connectivity index (χ1n) is 18.5. The highest BCUT2D eigenvalue weighted by Crippen LogP contribution is 2.51. The molecule has 0 spiro atoms. The van der Waals surface area contributed by atoms with Crippen LogP contribution < -0.4 is 4.74 Å². The minimum absolute atomic E-state index is 0.113. The number of hydrogen-bond acceptors (Lipinski definition) is 6. The van der Waals surface area contributed by atoms with E-state index in [4.69, 9.17) is 24.1 Å². The maximum atomic E-state index is 6.76. The van der Waals surface area contributed by atoms with Gasteiger partial charge in [-0.3, -0.25) is 0 Å². The first kappa shape index (κ1) is 30.6. The molecule has 4 heterocycles. The van der Waals surface area contributed by atoms with E-state index in [2.05, 4.69) is 140 Å². The molecular weight excluding hydrogens is 695 g/mol. The highest BCUT2D eigenvalue weighted by atomic mass is 32.1. The maximum absolute atomic E-state index is 6.76. The normalized spacial score (nSPS) is 16.4. The summed E-state index contributed by atoms with van der Waals surface area (Å²) in [5.74, 6) is 2.68. The fourth-order valence-corrected chi connectivity index (χ4v) is 9.76. The van der Waals surface area contributed by atoms with Crippen LogP contribution in [0.3, 0.4) is 0 Å². The highest BCUT2D eigenvalue weighted by Gasteiger charge is 2.40. The third-order valence-corrected chi connectivity index (χ3v) is 12.2. The quantitative estimate of drug-likeness (QED) is 0.181. The van der Waals surface area contributed by atoms with Crippen LogP contribution >= 0.6 is 11.3 Å². The Morgan fingerprint density at radius 3 is 2.22 bits per heavy atom. The van der Waals surface area contributed by atoms with Crippen LogP contribution in [0, 0.1) is 0 Å². The number of furan rings is 1. The predicted octanol–water partition coefficient (Wildman–Crippen LogP) is 12.7. The Morgan fingerprint density at radius 1 is 0.527 bits per heavy atom. The molecule has 1 aliphatic carbocycles. The Hall–Kier alpha value is -6.89. The van der Waals surface area contributed by atoms with E-state index in [1.165, 1.54) is 20.2 Å². The lowest BCUT2D eigenvalue weighted by Gasteiger charge is -2.25. The van der Waals surface area contributed by atoms with E-state index in [1.807, 2.05) is 24.3 Å². The molecule has 0 fully saturated rings. The number of aromatic nitrogens is 3. The van der Waals surface area contributed by atoms with Crippen molar-refractivity contribution < 1.29 is 9.15 Å². The molecule has 1 aliphatic heterocycles. The number of thiophene rings is 1. The monoisotopic (exact) mass is 723 g/mol. The fourth-order valence-electron chi connectivity index (χ4n) is 8.62. The summed E-state index contributed by atoms with van der Waals surface area (Å²) in [6.07, 6.45) is 4.27. The summed E-state index contributed by atoms with van der Waals surface area (Å²) in [6.45, 7) is 0. The van der Waals surface area contributed by atoms with Crippen LogP contribution in [0.2, 0.25) is 0 Å². The molecule has 7 aromatic carbocycles. The molecule has 0 bridgehead atoms. The van der Waals surface area contributed by atoms with Crippen LogP contribution in [0.15, 0.2) is 168 Å². The Morgan fingerprint density at radius 2 is 1.25 bits per heavy atom. The van der Waals surface area contributed by atoms with Crippen LogP contribution in [0.1, 0.15) is 22.9 Å². The number of rotatable bonds is 4. The van der Waals surface area contributed by atoms with Gasteiger partial charge in [0.15, 0.2) is 17.5 Å². The Bertz CT molecular complexity index is 3280. The molecule has 10 aromatic rings. The first-order valence-corrected chi connectivity index (χ1v) is 19.3. The van der Waals surface area contributed by atoms with Crippen LogP contribution in [-0.4, -0.2) is 21.1 Å². The summed E-state index contributed by atoms with van der Waals surface area (Å²) >= 11 is 1.80. The third-order valence-electron chi connectivity index (χ3n) is 11.1. The lowest BCUT2D eigenvalue weighted by molar-refractivity contribution is 0.272. The number of nitrogens with zero attached hydrogens (tertiary/aromatic N) is 3. The first-order chi connectivity index (χ1) is 27.2. The van der Waals surface area contributed by atoms with Gasteiger partial charge >= 0.3 is 0 Å². The lowest BCUT2D eigenvalue weighted by Crippen LogP contribution is -2.22. The van der Waals surface area contributed by atoms with Gasteiger partial charge in [0.05, 0.1) is 5.92 Å². The third kappa shape index (κ3) is 4.75. The van der Waals surface area contributed by atoms with E-state index in [0.29, 0.717) is 17.5 Å². The standard InChI is InChI=1S/C49H29N3O2S/c1-2-12-29-25-30(24-23-28(29)11-1)47-50-48(36-17-10-22-43-46(36)35-15-5-8-21-42(35)55-43)52-49(51-47)37-26-31(27-41-45(37)34-14-4-7-19-39(34)54-41)32-16-9-20-40-44(32)33-13-3-6-18-38(33)53-40/h1-27,41,45H. The molecule has 2 aliphatic rings. The number of ether oxygens (including phenoxy) is 1. The predicted molar refractivity (Wildman–Crippen MR) is 224 cm³/mol. The van der Waals surface area contributed by atoms with Gasteiger partial charge in [-0.05, 0) is 70.5 Å². The smallest absolute Gasteiger partial charge is 0.164 e. The number of hydrogen-bond donors (Lipinski definition) is 0. The van der Waals surface area contributed by atoms with Crippen molar-refractivity contribution in [2.45, 2.75) is 12.0 Å². The second kappa shape index (κ2) is 11.8. The molecule has 0 N–H and O–H groups in total. The number of benzene rings is 7. The van der Waals surface area contributed by atoms with Crippen LogP contribution in [-0.2, 0) is 0 Å². The Kier molecular flexibility index (Phi) is 6.56. The van der Waals surface area contributed by atoms with E-state index in [-0.39, 0.29) is 12.0 Å². The van der Waals surface area contributed by atoms with Crippen LogP contribution in [0.5, 0.6) is 5.75 Å². The van der Waals surface area contributed by atoms with Gasteiger partial charge in [-0.1, -0.05) is 115 Å². The lowest BCUT2D eigenvalue weighted by atomic mass is 9.80. The van der Waals surface area contributed by atoms with E-state index < -0.39 is 0 Å². The summed E-state index contributed by atoms with van der Waals surface area (Å²) in [7, 11) is 0. The second-order valence-electron chi connectivity index (χ2n) is 14.2. The van der Waals surface area contributed by atoms with Gasteiger partial charge in [-0.2, -0.15) is 0 Å². The van der Waals surface area contributed by atoms with Crippen molar-refractivity contribution in [3.05, 3.63) is 181 Å². The summed E-state index contributed by atoms with van der Waals surface area (Å²) < 4.78 is 15.5. The zero-order valence-electron chi connectivity index (χ0n) is 29.3. The van der Waals surface area contributed by atoms with Crippen molar-refractivity contribution >= 4 is 75.4 Å². The minimum atomic E-state index is -0.255. The number of fused-ring (bicyclic) bond motifs is 10. The van der Waals surface area contributed by atoms with Gasteiger partial charge in [-0.15, -0.1) is 11.3 Å². The number of allylic oxidation sites excluding steroid dienone is 2. The largest absolute Gasteiger partial charge is 0.485 e. The maximum Gasteiger partial charge on any atom is 0.164 e. The Labute approximate surface area is 319 Å². The molecule has 0 saturated carbocycles. The van der Waals surface area contributed by atoms with Gasteiger partial charge in [0.1, 0.15) is 23.0 Å². The summed E-state index contributed by atoms with van der Waals surface area (Å²) in [5.41, 5.74) is 7.88. The van der Waals surface area contributed by atoms with Gasteiger partial charge in [0.2, 0.25) is 0 Å². The molecule has 258 valence electrons. The second-order valence-corrected chi connectivity index (χ2v) is 15.3. The van der Waals surface area contributed by atoms with Crippen molar-refractivity contribution in [2.24, 2.45) is 0 Å². The van der Waals surface area contributed by atoms with E-state index in [0.717, 1.165) is 71.9 Å². The molecule has 5 nitrogen and oxygen atoms in total. The molecule has 12 rings (SSSR count). The molecule has 55 heavy (non-hydrogen) atoms. The molecule has 0 amide bonds. The van der Waals surface area contributed by atoms with Crippen molar-refractivity contribution in [1.29, 1.82) is 0 Å². The van der Waals surface area contributed by atoms with Crippen molar-refractivity contribution in [1.82, 2.24) is 15.0 Å². The Balaban J connectivity index is 1.13. The van der Waals surface area contributed by atoms with E-state index >= 15 is 0 Å². The number of para-hydroxylation sites is 2. The van der Waals surface area contributed by atoms with Gasteiger partial charge < -0.3 is 9.15 Å². The van der Waals surface area contributed by atoms with E-state index in [9.17, 15) is 0 Å². The molecule has 2 atom stereocenters. The van der Waals surface area contributed by atoms with Crippen molar-refractivity contribution in [3.8, 4) is 28.5 Å². The molecule has 2 unspecified atom stereocenters. The zero-order valence-corrected chi connectivity index (χ0v) is 30.1. The minimum Gasteiger partial charge on any atom is -0.485 e. The van der Waals surface area contributed by atoms with Gasteiger partial charge in [0.25, 0.3) is 0 Å². The molecule has 6 heteroatoms. The van der Waals surface area contributed by atoms with Gasteiger partial charge in [-0.25, -0.2) is 15.0 Å². The highest BCUT2D eigenvalue weighted by molar-refractivity contribution is 7.25. The molecular formula is C49H29N3O2S. The average Bonchev–Trinajstić information content (AvgIpc) is 3.94. The van der Waals surface area contributed by atoms with Crippen molar-refractivity contribution in [2.75, 3.05) is 0 Å².